The van der Waals surface area contributed by atoms with Gasteiger partial charge in [0, 0.05) is 0 Å². The highest BCUT2D eigenvalue weighted by Crippen LogP contribution is 2.35. The van der Waals surface area contributed by atoms with Crippen molar-refractivity contribution in [3.63, 3.8) is 0 Å². The van der Waals surface area contributed by atoms with Gasteiger partial charge in [-0.15, -0.1) is 11.6 Å². The summed E-state index contributed by atoms with van der Waals surface area (Å²) in [6.07, 6.45) is -2.37. The predicted octanol–water partition coefficient (Wildman–Crippen LogP) is 2.37. The Morgan fingerprint density at radius 2 is 2.27 bits per heavy atom. The molecule has 1 aromatic heterocycles. The first-order chi connectivity index (χ1) is 6.99. The number of nitro groups is 1. The zero-order valence-corrected chi connectivity index (χ0v) is 7.91. The van der Waals surface area contributed by atoms with Crippen LogP contribution in [0.15, 0.2) is 6.20 Å². The highest BCUT2D eigenvalue weighted by molar-refractivity contribution is 6.17. The summed E-state index contributed by atoms with van der Waals surface area (Å²) < 4.78 is 24.7. The quantitative estimate of drug-likeness (QED) is 0.498. The Morgan fingerprint density at radius 3 is 2.67 bits per heavy atom. The summed E-state index contributed by atoms with van der Waals surface area (Å²) in [5.41, 5.74) is -2.07. The molecular formula is C7H5ClF2N2O3. The van der Waals surface area contributed by atoms with Crippen LogP contribution in [0.1, 0.15) is 17.7 Å². The van der Waals surface area contributed by atoms with Crippen molar-refractivity contribution in [2.75, 3.05) is 0 Å². The molecule has 1 aromatic rings. The van der Waals surface area contributed by atoms with Gasteiger partial charge in [-0.05, 0) is 0 Å². The number of rotatable bonds is 3. The van der Waals surface area contributed by atoms with Crippen molar-refractivity contribution in [2.45, 2.75) is 12.3 Å². The lowest BCUT2D eigenvalue weighted by molar-refractivity contribution is -0.386. The molecule has 0 aliphatic heterocycles. The second kappa shape index (κ2) is 4.35. The molecule has 0 fully saturated rings. The molecule has 8 heteroatoms. The van der Waals surface area contributed by atoms with E-state index in [1.807, 2.05) is 0 Å². The Balaban J connectivity index is 3.47. The van der Waals surface area contributed by atoms with E-state index in [1.165, 1.54) is 0 Å². The van der Waals surface area contributed by atoms with Gasteiger partial charge in [0.05, 0.1) is 22.6 Å². The minimum Gasteiger partial charge on any atom is -0.501 e. The third-order valence-electron chi connectivity index (χ3n) is 1.69. The molecule has 1 heterocycles. The molecule has 0 aromatic carbocycles. The largest absolute Gasteiger partial charge is 0.501 e. The van der Waals surface area contributed by atoms with Crippen molar-refractivity contribution in [2.24, 2.45) is 0 Å². The van der Waals surface area contributed by atoms with Gasteiger partial charge in [-0.1, -0.05) is 0 Å². The number of aromatic hydroxyl groups is 1. The molecule has 0 aliphatic carbocycles. The van der Waals surface area contributed by atoms with Crippen molar-refractivity contribution in [1.29, 1.82) is 0 Å². The van der Waals surface area contributed by atoms with Crippen LogP contribution in [-0.2, 0) is 5.88 Å². The van der Waals surface area contributed by atoms with E-state index in [9.17, 15) is 18.9 Å². The fourth-order valence-corrected chi connectivity index (χ4v) is 1.33. The highest BCUT2D eigenvalue weighted by atomic mass is 35.5. The van der Waals surface area contributed by atoms with Gasteiger partial charge >= 0.3 is 5.69 Å². The van der Waals surface area contributed by atoms with Gasteiger partial charge in [0.2, 0.25) is 5.75 Å². The maximum absolute atomic E-state index is 12.4. The molecule has 0 radical (unpaired) electrons. The molecule has 5 nitrogen and oxygen atoms in total. The molecule has 0 saturated heterocycles. The molecular weight excluding hydrogens is 234 g/mol. The van der Waals surface area contributed by atoms with Gasteiger partial charge in [0.15, 0.2) is 0 Å². The topological polar surface area (TPSA) is 76.3 Å². The van der Waals surface area contributed by atoms with Crippen LogP contribution in [0.5, 0.6) is 5.75 Å². The van der Waals surface area contributed by atoms with Crippen molar-refractivity contribution < 1.29 is 18.8 Å². The van der Waals surface area contributed by atoms with Crippen LogP contribution in [-0.4, -0.2) is 15.0 Å². The number of pyridine rings is 1. The van der Waals surface area contributed by atoms with Crippen LogP contribution in [0.2, 0.25) is 0 Å². The van der Waals surface area contributed by atoms with Crippen molar-refractivity contribution >= 4 is 17.3 Å². The minimum atomic E-state index is -2.97. The Labute approximate surface area is 87.5 Å². The predicted molar refractivity (Wildman–Crippen MR) is 47.1 cm³/mol. The van der Waals surface area contributed by atoms with Crippen LogP contribution in [0.4, 0.5) is 14.5 Å². The summed E-state index contributed by atoms with van der Waals surface area (Å²) >= 11 is 5.31. The Bertz CT molecular complexity index is 400. The average Bonchev–Trinajstić information content (AvgIpc) is 2.15. The SMILES string of the molecule is O=[N+]([O-])c1c(O)cnc(C(F)F)c1CCl. The van der Waals surface area contributed by atoms with Gasteiger partial charge in [-0.25, -0.2) is 8.78 Å². The number of hydrogen-bond donors (Lipinski definition) is 1. The number of halogens is 3. The summed E-state index contributed by atoms with van der Waals surface area (Å²) in [6, 6.07) is 0. The van der Waals surface area contributed by atoms with E-state index in [1.54, 1.807) is 0 Å². The lowest BCUT2D eigenvalue weighted by Crippen LogP contribution is -2.02. The van der Waals surface area contributed by atoms with Gasteiger partial charge < -0.3 is 5.11 Å². The molecule has 0 amide bonds. The number of alkyl halides is 3. The third-order valence-corrected chi connectivity index (χ3v) is 1.95. The number of nitrogens with zero attached hydrogens (tertiary/aromatic N) is 2. The zero-order chi connectivity index (χ0) is 11.6. The molecule has 0 spiro atoms. The van der Waals surface area contributed by atoms with Crippen LogP contribution in [0.3, 0.4) is 0 Å². The van der Waals surface area contributed by atoms with Crippen LogP contribution in [0.25, 0.3) is 0 Å². The third kappa shape index (κ3) is 2.12. The van der Waals surface area contributed by atoms with Crippen molar-refractivity contribution in [3.8, 4) is 5.75 Å². The Kier molecular flexibility index (Phi) is 3.35. The maximum Gasteiger partial charge on any atom is 0.318 e. The highest BCUT2D eigenvalue weighted by Gasteiger charge is 2.27. The second-order valence-corrected chi connectivity index (χ2v) is 2.81. The van der Waals surface area contributed by atoms with Crippen LogP contribution in [0, 0.1) is 10.1 Å². The first-order valence-electron chi connectivity index (χ1n) is 3.68. The molecule has 0 atom stereocenters. The van der Waals surface area contributed by atoms with Crippen molar-refractivity contribution in [1.82, 2.24) is 4.98 Å². The molecule has 1 N–H and O–H groups in total. The first kappa shape index (κ1) is 11.6. The van der Waals surface area contributed by atoms with Crippen LogP contribution >= 0.6 is 11.6 Å². The molecule has 15 heavy (non-hydrogen) atoms. The van der Waals surface area contributed by atoms with E-state index in [0.29, 0.717) is 6.20 Å². The van der Waals surface area contributed by atoms with E-state index in [4.69, 9.17) is 16.7 Å². The minimum absolute atomic E-state index is 0.461. The summed E-state index contributed by atoms with van der Waals surface area (Å²) in [5, 5.41) is 19.6. The van der Waals surface area contributed by atoms with E-state index >= 15 is 0 Å². The van der Waals surface area contributed by atoms with E-state index in [0.717, 1.165) is 0 Å². The van der Waals surface area contributed by atoms with Gasteiger partial charge in [0.1, 0.15) is 5.69 Å². The lowest BCUT2D eigenvalue weighted by Gasteiger charge is -2.06. The van der Waals surface area contributed by atoms with Crippen LogP contribution < -0.4 is 0 Å². The molecule has 0 aliphatic rings. The van der Waals surface area contributed by atoms with Gasteiger partial charge in [0.25, 0.3) is 6.43 Å². The molecule has 0 bridgehead atoms. The molecule has 0 unspecified atom stereocenters. The summed E-state index contributed by atoms with van der Waals surface area (Å²) in [5.74, 6) is -1.29. The van der Waals surface area contributed by atoms with E-state index in [2.05, 4.69) is 4.98 Å². The summed E-state index contributed by atoms with van der Waals surface area (Å²) in [6.45, 7) is 0. The summed E-state index contributed by atoms with van der Waals surface area (Å²) in [7, 11) is 0. The molecule has 0 saturated carbocycles. The normalized spacial score (nSPS) is 10.7. The second-order valence-electron chi connectivity index (χ2n) is 2.55. The first-order valence-corrected chi connectivity index (χ1v) is 4.21. The molecule has 1 rings (SSSR count). The fourth-order valence-electron chi connectivity index (χ4n) is 1.07. The van der Waals surface area contributed by atoms with E-state index < -0.39 is 39.9 Å². The molecule has 82 valence electrons. The van der Waals surface area contributed by atoms with E-state index in [-0.39, 0.29) is 0 Å². The smallest absolute Gasteiger partial charge is 0.318 e. The fraction of sp³-hybridized carbons (Fsp3) is 0.286. The summed E-state index contributed by atoms with van der Waals surface area (Å²) in [4.78, 5) is 12.7. The Morgan fingerprint density at radius 1 is 1.67 bits per heavy atom. The monoisotopic (exact) mass is 238 g/mol. The maximum atomic E-state index is 12.4. The zero-order valence-electron chi connectivity index (χ0n) is 7.15. The number of aromatic nitrogens is 1. The lowest BCUT2D eigenvalue weighted by atomic mass is 10.1. The standard InChI is InChI=1S/C7H5ClF2N2O3/c8-1-3-5(7(9)10)11-2-4(13)6(3)12(14)15/h2,7,13H,1H2. The Hall–Kier alpha value is -1.50. The van der Waals surface area contributed by atoms with Gasteiger partial charge in [-0.2, -0.15) is 0 Å². The number of hydrogen-bond acceptors (Lipinski definition) is 4. The van der Waals surface area contributed by atoms with Gasteiger partial charge in [-0.3, -0.25) is 15.1 Å². The average molecular weight is 239 g/mol. The van der Waals surface area contributed by atoms with Crippen molar-refractivity contribution in [3.05, 3.63) is 27.6 Å².